The predicted molar refractivity (Wildman–Crippen MR) is 73.1 cm³/mol. The molecule has 2 rings (SSSR count). The first kappa shape index (κ1) is 15.0. The first-order valence-corrected chi connectivity index (χ1v) is 6.51. The van der Waals surface area contributed by atoms with Gasteiger partial charge in [-0.1, -0.05) is 29.8 Å². The Morgan fingerprint density at radius 3 is 2.10 bits per heavy atom. The van der Waals surface area contributed by atoms with Crippen LogP contribution in [-0.4, -0.2) is 6.36 Å². The summed E-state index contributed by atoms with van der Waals surface area (Å²) in [5.41, 5.74) is 2.34. The Morgan fingerprint density at radius 2 is 1.55 bits per heavy atom. The Labute approximate surface area is 123 Å². The minimum absolute atomic E-state index is 0.257. The van der Waals surface area contributed by atoms with E-state index in [0.717, 1.165) is 16.7 Å². The van der Waals surface area contributed by atoms with Crippen molar-refractivity contribution in [1.29, 1.82) is 0 Å². The lowest BCUT2D eigenvalue weighted by Gasteiger charge is -2.10. The lowest BCUT2D eigenvalue weighted by molar-refractivity contribution is -0.274. The average Bonchev–Trinajstić information content (AvgIpc) is 2.38. The van der Waals surface area contributed by atoms with Gasteiger partial charge in [-0.2, -0.15) is 0 Å². The number of hydrogen-bond donors (Lipinski definition) is 0. The standard InChI is InChI=1S/C14H9Cl2F3O/c15-8-11-7-10(3-6-13(11)16)9-1-4-12(5-2-9)20-14(17,18)19/h1-7H,8H2. The van der Waals surface area contributed by atoms with E-state index in [9.17, 15) is 13.2 Å². The summed E-state index contributed by atoms with van der Waals surface area (Å²) in [6.45, 7) is 0. The summed E-state index contributed by atoms with van der Waals surface area (Å²) >= 11 is 11.7. The van der Waals surface area contributed by atoms with Crippen molar-refractivity contribution >= 4 is 23.2 Å². The molecule has 0 heterocycles. The molecule has 2 aromatic carbocycles. The van der Waals surface area contributed by atoms with Gasteiger partial charge in [-0.3, -0.25) is 0 Å². The number of benzene rings is 2. The van der Waals surface area contributed by atoms with Crippen LogP contribution >= 0.6 is 23.2 Å². The zero-order valence-corrected chi connectivity index (χ0v) is 11.6. The van der Waals surface area contributed by atoms with E-state index < -0.39 is 6.36 Å². The Hall–Kier alpha value is -1.39. The molecular formula is C14H9Cl2F3O. The number of alkyl halides is 4. The molecule has 0 saturated carbocycles. The molecule has 1 nitrogen and oxygen atoms in total. The van der Waals surface area contributed by atoms with Crippen molar-refractivity contribution in [1.82, 2.24) is 0 Å². The summed E-state index contributed by atoms with van der Waals surface area (Å²) in [5, 5.41) is 0.556. The molecule has 0 aliphatic carbocycles. The van der Waals surface area contributed by atoms with Gasteiger partial charge >= 0.3 is 6.36 Å². The van der Waals surface area contributed by atoms with Crippen molar-refractivity contribution in [2.24, 2.45) is 0 Å². The van der Waals surface area contributed by atoms with Gasteiger partial charge in [-0.25, -0.2) is 0 Å². The van der Waals surface area contributed by atoms with E-state index >= 15 is 0 Å². The van der Waals surface area contributed by atoms with Gasteiger partial charge in [-0.05, 0) is 41.0 Å². The second kappa shape index (κ2) is 5.94. The molecule has 6 heteroatoms. The molecule has 0 aliphatic heterocycles. The highest BCUT2D eigenvalue weighted by Gasteiger charge is 2.30. The second-order valence-electron chi connectivity index (χ2n) is 4.01. The maximum absolute atomic E-state index is 12.1. The summed E-state index contributed by atoms with van der Waals surface area (Å²) in [5.74, 6) is 0.00913. The van der Waals surface area contributed by atoms with Crippen LogP contribution < -0.4 is 4.74 Å². The maximum atomic E-state index is 12.1. The van der Waals surface area contributed by atoms with Crippen LogP contribution in [0.5, 0.6) is 5.75 Å². The fraction of sp³-hybridized carbons (Fsp3) is 0.143. The fourth-order valence-corrected chi connectivity index (χ4v) is 2.18. The van der Waals surface area contributed by atoms with Crippen molar-refractivity contribution < 1.29 is 17.9 Å². The third-order valence-corrected chi connectivity index (χ3v) is 3.27. The van der Waals surface area contributed by atoms with Gasteiger partial charge in [0.25, 0.3) is 0 Å². The fourth-order valence-electron chi connectivity index (χ4n) is 1.71. The average molecular weight is 321 g/mol. The minimum atomic E-state index is -4.69. The molecule has 0 radical (unpaired) electrons. The zero-order valence-electron chi connectivity index (χ0n) is 10.0. The van der Waals surface area contributed by atoms with Crippen LogP contribution in [0.4, 0.5) is 13.2 Å². The Balaban J connectivity index is 2.26. The molecule has 0 N–H and O–H groups in total. The van der Waals surface area contributed by atoms with Crippen LogP contribution in [0.25, 0.3) is 11.1 Å². The molecule has 2 aromatic rings. The highest BCUT2D eigenvalue weighted by molar-refractivity contribution is 6.32. The van der Waals surface area contributed by atoms with Crippen molar-refractivity contribution in [2.75, 3.05) is 0 Å². The van der Waals surface area contributed by atoms with Gasteiger partial charge in [-0.15, -0.1) is 24.8 Å². The summed E-state index contributed by atoms with van der Waals surface area (Å²) in [6, 6.07) is 10.9. The normalized spacial score (nSPS) is 11.4. The number of ether oxygens (including phenoxy) is 1. The maximum Gasteiger partial charge on any atom is 0.573 e. The number of halogens is 5. The molecule has 0 spiro atoms. The van der Waals surface area contributed by atoms with Gasteiger partial charge in [0.05, 0.1) is 0 Å². The molecule has 20 heavy (non-hydrogen) atoms. The van der Waals surface area contributed by atoms with Crippen LogP contribution in [-0.2, 0) is 5.88 Å². The van der Waals surface area contributed by atoms with Crippen LogP contribution in [0.15, 0.2) is 42.5 Å². The van der Waals surface area contributed by atoms with E-state index in [1.54, 1.807) is 30.3 Å². The van der Waals surface area contributed by atoms with Crippen molar-refractivity contribution in [2.45, 2.75) is 12.2 Å². The number of rotatable bonds is 3. The van der Waals surface area contributed by atoms with E-state index in [4.69, 9.17) is 23.2 Å². The van der Waals surface area contributed by atoms with E-state index in [0.29, 0.717) is 5.02 Å². The second-order valence-corrected chi connectivity index (χ2v) is 4.69. The van der Waals surface area contributed by atoms with Gasteiger partial charge in [0.15, 0.2) is 0 Å². The topological polar surface area (TPSA) is 9.23 Å². The van der Waals surface area contributed by atoms with Gasteiger partial charge < -0.3 is 4.74 Å². The molecular weight excluding hydrogens is 312 g/mol. The third-order valence-electron chi connectivity index (χ3n) is 2.61. The van der Waals surface area contributed by atoms with Crippen LogP contribution in [0.2, 0.25) is 5.02 Å². The Morgan fingerprint density at radius 1 is 0.950 bits per heavy atom. The van der Waals surface area contributed by atoms with Gasteiger partial charge in [0.2, 0.25) is 0 Å². The summed E-state index contributed by atoms with van der Waals surface area (Å²) in [4.78, 5) is 0. The Kier molecular flexibility index (Phi) is 4.45. The number of hydrogen-bond acceptors (Lipinski definition) is 1. The SMILES string of the molecule is FC(F)(F)Oc1ccc(-c2ccc(Cl)c(CCl)c2)cc1. The van der Waals surface area contributed by atoms with E-state index in [2.05, 4.69) is 4.74 Å². The predicted octanol–water partition coefficient (Wildman–Crippen LogP) is 5.64. The van der Waals surface area contributed by atoms with Crippen LogP contribution in [0.1, 0.15) is 5.56 Å². The van der Waals surface area contributed by atoms with E-state index in [1.807, 2.05) is 0 Å². The molecule has 0 saturated heterocycles. The lowest BCUT2D eigenvalue weighted by atomic mass is 10.0. The molecule has 0 aromatic heterocycles. The smallest absolute Gasteiger partial charge is 0.406 e. The molecule has 0 atom stereocenters. The first-order valence-electron chi connectivity index (χ1n) is 5.59. The van der Waals surface area contributed by atoms with Gasteiger partial charge in [0.1, 0.15) is 5.75 Å². The van der Waals surface area contributed by atoms with Crippen LogP contribution in [0, 0.1) is 0 Å². The van der Waals surface area contributed by atoms with Crippen molar-refractivity contribution in [3.05, 3.63) is 53.1 Å². The minimum Gasteiger partial charge on any atom is -0.406 e. The van der Waals surface area contributed by atoms with Gasteiger partial charge in [0, 0.05) is 10.9 Å². The third kappa shape index (κ3) is 3.81. The highest BCUT2D eigenvalue weighted by atomic mass is 35.5. The lowest BCUT2D eigenvalue weighted by Crippen LogP contribution is -2.16. The summed E-state index contributed by atoms with van der Waals surface area (Å²) in [6.07, 6.45) is -4.69. The van der Waals surface area contributed by atoms with Crippen molar-refractivity contribution in [3.8, 4) is 16.9 Å². The van der Waals surface area contributed by atoms with Crippen molar-refractivity contribution in [3.63, 3.8) is 0 Å². The van der Waals surface area contributed by atoms with E-state index in [-0.39, 0.29) is 11.6 Å². The summed E-state index contributed by atoms with van der Waals surface area (Å²) < 4.78 is 40.0. The quantitative estimate of drug-likeness (QED) is 0.664. The monoisotopic (exact) mass is 320 g/mol. The molecule has 0 unspecified atom stereocenters. The molecule has 106 valence electrons. The summed E-state index contributed by atoms with van der Waals surface area (Å²) in [7, 11) is 0. The Bertz CT molecular complexity index is 594. The van der Waals surface area contributed by atoms with Crippen LogP contribution in [0.3, 0.4) is 0 Å². The van der Waals surface area contributed by atoms with E-state index in [1.165, 1.54) is 12.1 Å². The molecule has 0 fully saturated rings. The highest BCUT2D eigenvalue weighted by Crippen LogP contribution is 2.29. The zero-order chi connectivity index (χ0) is 14.8. The molecule has 0 aliphatic rings. The first-order chi connectivity index (χ1) is 9.39. The largest absolute Gasteiger partial charge is 0.573 e. The molecule has 0 amide bonds. The molecule has 0 bridgehead atoms.